The van der Waals surface area contributed by atoms with Crippen molar-refractivity contribution in [3.8, 4) is 0 Å². The maximum Gasteiger partial charge on any atom is 0.264 e. The van der Waals surface area contributed by atoms with Crippen molar-refractivity contribution in [3.63, 3.8) is 0 Å². The molecule has 0 saturated heterocycles. The average molecular weight is 221 g/mol. The van der Waals surface area contributed by atoms with Crippen LogP contribution in [-0.2, 0) is 0 Å². The van der Waals surface area contributed by atoms with Crippen LogP contribution in [0.3, 0.4) is 0 Å². The Kier molecular flexibility index (Phi) is 3.40. The lowest BCUT2D eigenvalue weighted by molar-refractivity contribution is 0.0980. The van der Waals surface area contributed by atoms with Crippen LogP contribution in [0.25, 0.3) is 0 Å². The number of carbonyl (C=O) groups excluding carboxylic acids is 1. The van der Waals surface area contributed by atoms with Gasteiger partial charge in [-0.05, 0) is 6.07 Å². The number of hydrogen-bond donors (Lipinski definition) is 1. The third-order valence-corrected chi connectivity index (χ3v) is 1.84. The highest BCUT2D eigenvalue weighted by Crippen LogP contribution is 2.13. The first kappa shape index (κ1) is 10.9. The van der Waals surface area contributed by atoms with Crippen LogP contribution in [0.4, 0.5) is 13.2 Å². The van der Waals surface area contributed by atoms with Crippen LogP contribution < -0.4 is 4.72 Å². The Balaban J connectivity index is 3.09. The van der Waals surface area contributed by atoms with E-state index in [-0.39, 0.29) is 0 Å². The molecule has 1 aromatic carbocycles. The van der Waals surface area contributed by atoms with Gasteiger partial charge in [0.1, 0.15) is 5.82 Å². The van der Waals surface area contributed by atoms with Gasteiger partial charge in [-0.3, -0.25) is 9.52 Å². The van der Waals surface area contributed by atoms with E-state index in [0.29, 0.717) is 12.1 Å². The van der Waals surface area contributed by atoms with Crippen LogP contribution >= 0.6 is 11.9 Å². The first-order valence-corrected chi connectivity index (χ1v) is 4.76. The summed E-state index contributed by atoms with van der Waals surface area (Å²) >= 11 is 0.941. The number of carbonyl (C=O) groups is 1. The number of benzene rings is 1. The molecule has 0 saturated carbocycles. The molecule has 76 valence electrons. The van der Waals surface area contributed by atoms with E-state index in [2.05, 4.69) is 4.72 Å². The highest BCUT2D eigenvalue weighted by molar-refractivity contribution is 7.97. The molecule has 1 amide bonds. The molecule has 14 heavy (non-hydrogen) atoms. The van der Waals surface area contributed by atoms with Crippen LogP contribution in [0.1, 0.15) is 10.4 Å². The van der Waals surface area contributed by atoms with Crippen molar-refractivity contribution in [2.24, 2.45) is 0 Å². The van der Waals surface area contributed by atoms with Gasteiger partial charge in [-0.25, -0.2) is 13.2 Å². The van der Waals surface area contributed by atoms with E-state index in [1.54, 1.807) is 6.26 Å². The van der Waals surface area contributed by atoms with Crippen molar-refractivity contribution in [2.75, 3.05) is 6.26 Å². The number of amides is 1. The maximum atomic E-state index is 12.9. The van der Waals surface area contributed by atoms with Crippen LogP contribution in [0.15, 0.2) is 12.1 Å². The molecule has 2 nitrogen and oxygen atoms in total. The van der Waals surface area contributed by atoms with Crippen molar-refractivity contribution in [2.45, 2.75) is 0 Å². The lowest BCUT2D eigenvalue weighted by atomic mass is 10.2. The van der Waals surface area contributed by atoms with Crippen molar-refractivity contribution in [1.82, 2.24) is 4.72 Å². The van der Waals surface area contributed by atoms with Crippen LogP contribution in [0.2, 0.25) is 0 Å². The first-order valence-electron chi connectivity index (χ1n) is 3.54. The summed E-state index contributed by atoms with van der Waals surface area (Å²) in [6.45, 7) is 0. The van der Waals surface area contributed by atoms with Gasteiger partial charge in [-0.1, -0.05) is 11.9 Å². The standard InChI is InChI=1S/C8H6F3NOS/c1-14-12-8(13)4-2-6(10)7(11)3-5(4)9/h2-3H,1H3,(H,12,13). The maximum absolute atomic E-state index is 12.9. The molecule has 0 aromatic heterocycles. The average Bonchev–Trinajstić information content (AvgIpc) is 2.11. The predicted octanol–water partition coefficient (Wildman–Crippen LogP) is 2.11. The van der Waals surface area contributed by atoms with Crippen LogP contribution in [0, 0.1) is 17.5 Å². The molecule has 1 rings (SSSR count). The van der Waals surface area contributed by atoms with E-state index in [1.165, 1.54) is 0 Å². The Hall–Kier alpha value is -1.17. The minimum atomic E-state index is -1.32. The highest BCUT2D eigenvalue weighted by atomic mass is 32.2. The molecule has 0 bridgehead atoms. The zero-order chi connectivity index (χ0) is 10.7. The molecule has 1 N–H and O–H groups in total. The molecular formula is C8H6F3NOS. The monoisotopic (exact) mass is 221 g/mol. The molecule has 1 aromatic rings. The minimum absolute atomic E-state index is 0.338. The number of nitrogens with one attached hydrogen (secondary N) is 1. The van der Waals surface area contributed by atoms with E-state index in [0.717, 1.165) is 11.9 Å². The molecule has 0 unspecified atom stereocenters. The van der Waals surface area contributed by atoms with Gasteiger partial charge in [0, 0.05) is 12.3 Å². The van der Waals surface area contributed by atoms with E-state index in [4.69, 9.17) is 0 Å². The van der Waals surface area contributed by atoms with Gasteiger partial charge in [0.05, 0.1) is 5.56 Å². The number of halogens is 3. The first-order chi connectivity index (χ1) is 6.56. The Bertz CT molecular complexity index is 370. The summed E-state index contributed by atoms with van der Waals surface area (Å²) in [6, 6.07) is 0.862. The Morgan fingerprint density at radius 3 is 2.36 bits per heavy atom. The fraction of sp³-hybridized carbons (Fsp3) is 0.125. The number of hydrogen-bond acceptors (Lipinski definition) is 2. The SMILES string of the molecule is CSNC(=O)c1cc(F)c(F)cc1F. The van der Waals surface area contributed by atoms with E-state index in [9.17, 15) is 18.0 Å². The summed E-state index contributed by atoms with van der Waals surface area (Å²) in [4.78, 5) is 11.1. The summed E-state index contributed by atoms with van der Waals surface area (Å²) in [5.41, 5.74) is -0.516. The summed E-state index contributed by atoms with van der Waals surface area (Å²) in [5, 5.41) is 0. The molecule has 0 fully saturated rings. The third-order valence-electron chi connectivity index (χ3n) is 1.45. The third kappa shape index (κ3) is 2.20. The van der Waals surface area contributed by atoms with Gasteiger partial charge in [0.2, 0.25) is 0 Å². The second kappa shape index (κ2) is 4.36. The Morgan fingerprint density at radius 1 is 1.21 bits per heavy atom. The van der Waals surface area contributed by atoms with Crippen molar-refractivity contribution >= 4 is 17.9 Å². The van der Waals surface area contributed by atoms with E-state index in [1.807, 2.05) is 0 Å². The molecule has 0 heterocycles. The van der Waals surface area contributed by atoms with Gasteiger partial charge in [0.25, 0.3) is 5.91 Å². The zero-order valence-electron chi connectivity index (χ0n) is 7.11. The molecule has 0 aliphatic rings. The molecule has 0 aliphatic carbocycles. The molecular weight excluding hydrogens is 215 g/mol. The van der Waals surface area contributed by atoms with E-state index >= 15 is 0 Å². The Labute approximate surface area is 82.6 Å². The minimum Gasteiger partial charge on any atom is -0.296 e. The van der Waals surface area contributed by atoms with Crippen LogP contribution in [0.5, 0.6) is 0 Å². The summed E-state index contributed by atoms with van der Waals surface area (Å²) < 4.78 is 40.2. The largest absolute Gasteiger partial charge is 0.296 e. The molecule has 0 aliphatic heterocycles. The second-order valence-electron chi connectivity index (χ2n) is 2.38. The molecule has 0 radical (unpaired) electrons. The van der Waals surface area contributed by atoms with Gasteiger partial charge in [0.15, 0.2) is 11.6 Å². The predicted molar refractivity (Wildman–Crippen MR) is 47.3 cm³/mol. The zero-order valence-corrected chi connectivity index (χ0v) is 7.92. The van der Waals surface area contributed by atoms with Crippen LogP contribution in [-0.4, -0.2) is 12.2 Å². The van der Waals surface area contributed by atoms with Crippen molar-refractivity contribution in [3.05, 3.63) is 35.1 Å². The smallest absolute Gasteiger partial charge is 0.264 e. The summed E-state index contributed by atoms with van der Waals surface area (Å²) in [7, 11) is 0. The fourth-order valence-electron chi connectivity index (χ4n) is 0.844. The summed E-state index contributed by atoms with van der Waals surface area (Å²) in [6.07, 6.45) is 1.55. The molecule has 6 heteroatoms. The Morgan fingerprint density at radius 2 is 1.79 bits per heavy atom. The lowest BCUT2D eigenvalue weighted by Gasteiger charge is -2.03. The molecule has 0 spiro atoms. The highest BCUT2D eigenvalue weighted by Gasteiger charge is 2.15. The van der Waals surface area contributed by atoms with Crippen molar-refractivity contribution in [1.29, 1.82) is 0 Å². The number of rotatable bonds is 2. The fourth-order valence-corrected chi connectivity index (χ4v) is 1.14. The van der Waals surface area contributed by atoms with Crippen molar-refractivity contribution < 1.29 is 18.0 Å². The lowest BCUT2D eigenvalue weighted by Crippen LogP contribution is -2.17. The van der Waals surface area contributed by atoms with Gasteiger partial charge >= 0.3 is 0 Å². The normalized spacial score (nSPS) is 10.0. The molecule has 0 atom stereocenters. The summed E-state index contributed by atoms with van der Waals surface area (Å²) in [5.74, 6) is -4.45. The second-order valence-corrected chi connectivity index (χ2v) is 2.99. The van der Waals surface area contributed by atoms with E-state index < -0.39 is 28.9 Å². The van der Waals surface area contributed by atoms with Gasteiger partial charge < -0.3 is 0 Å². The van der Waals surface area contributed by atoms with Gasteiger partial charge in [-0.15, -0.1) is 0 Å². The van der Waals surface area contributed by atoms with Gasteiger partial charge in [-0.2, -0.15) is 0 Å². The topological polar surface area (TPSA) is 29.1 Å². The quantitative estimate of drug-likeness (QED) is 0.612.